The molecule has 1 saturated heterocycles. The van der Waals surface area contributed by atoms with Gasteiger partial charge in [-0.05, 0) is 48.7 Å². The monoisotopic (exact) mass is 491 g/mol. The number of anilines is 1. The van der Waals surface area contributed by atoms with Gasteiger partial charge in [-0.2, -0.15) is 26.3 Å². The van der Waals surface area contributed by atoms with Gasteiger partial charge in [0.25, 0.3) is 0 Å². The van der Waals surface area contributed by atoms with Crippen molar-refractivity contribution in [1.29, 1.82) is 0 Å². The standard InChI is InChI=1S/C22H19F6NO3S/c23-21(24,25)19-13(5-7-18(30)31)4-6-17(20(19)22(26,27)28)33-16-3-1-2-15(12-16)29-14-8-10-32-11-9-14/h1-7,12,14,29H,8-11H2,(H,30,31)/b7-5+. The van der Waals surface area contributed by atoms with E-state index in [1.54, 1.807) is 18.2 Å². The van der Waals surface area contributed by atoms with Gasteiger partial charge in [-0.1, -0.05) is 23.9 Å². The van der Waals surface area contributed by atoms with Gasteiger partial charge in [-0.3, -0.25) is 0 Å². The van der Waals surface area contributed by atoms with Crippen LogP contribution in [0.15, 0.2) is 52.3 Å². The lowest BCUT2D eigenvalue weighted by atomic mass is 9.99. The molecule has 33 heavy (non-hydrogen) atoms. The summed E-state index contributed by atoms with van der Waals surface area (Å²) in [6.07, 6.45) is -8.29. The van der Waals surface area contributed by atoms with Crippen molar-refractivity contribution in [2.45, 2.75) is 41.0 Å². The Kier molecular flexibility index (Phi) is 7.63. The Balaban J connectivity index is 2.01. The van der Waals surface area contributed by atoms with Gasteiger partial charge in [-0.25, -0.2) is 4.79 Å². The van der Waals surface area contributed by atoms with Gasteiger partial charge in [0.1, 0.15) is 0 Å². The number of halogens is 6. The zero-order chi connectivity index (χ0) is 24.2. The smallest absolute Gasteiger partial charge is 0.418 e. The highest BCUT2D eigenvalue weighted by Gasteiger charge is 2.46. The molecule has 2 aromatic rings. The molecule has 11 heteroatoms. The van der Waals surface area contributed by atoms with E-state index in [1.165, 1.54) is 6.07 Å². The molecule has 0 aliphatic carbocycles. The SMILES string of the molecule is O=C(O)/C=C/c1ccc(Sc2cccc(NC3CCOCC3)c2)c(C(F)(F)F)c1C(F)(F)F. The second kappa shape index (κ2) is 10.1. The summed E-state index contributed by atoms with van der Waals surface area (Å²) in [4.78, 5) is 10.4. The van der Waals surface area contributed by atoms with Crippen LogP contribution in [-0.2, 0) is 21.9 Å². The Hall–Kier alpha value is -2.66. The lowest BCUT2D eigenvalue weighted by molar-refractivity contribution is -0.163. The summed E-state index contributed by atoms with van der Waals surface area (Å²) in [6.45, 7) is 1.17. The van der Waals surface area contributed by atoms with E-state index >= 15 is 0 Å². The Morgan fingerprint density at radius 1 is 1.03 bits per heavy atom. The first-order chi connectivity index (χ1) is 15.4. The van der Waals surface area contributed by atoms with Crippen LogP contribution in [0.4, 0.5) is 32.0 Å². The van der Waals surface area contributed by atoms with Crippen molar-refractivity contribution >= 4 is 29.5 Å². The van der Waals surface area contributed by atoms with Crippen LogP contribution in [0.3, 0.4) is 0 Å². The van der Waals surface area contributed by atoms with Crippen LogP contribution < -0.4 is 5.32 Å². The summed E-state index contributed by atoms with van der Waals surface area (Å²) >= 11 is 0.556. The van der Waals surface area contributed by atoms with Crippen molar-refractivity contribution in [2.24, 2.45) is 0 Å². The molecule has 0 spiro atoms. The van der Waals surface area contributed by atoms with Gasteiger partial charge < -0.3 is 15.2 Å². The predicted octanol–water partition coefficient (Wildman–Crippen LogP) is 6.56. The average molecular weight is 491 g/mol. The quantitative estimate of drug-likeness (QED) is 0.354. The molecular formula is C22H19F6NO3S. The van der Waals surface area contributed by atoms with Crippen LogP contribution in [0, 0.1) is 0 Å². The maximum absolute atomic E-state index is 13.8. The third-order valence-corrected chi connectivity index (χ3v) is 5.88. The minimum Gasteiger partial charge on any atom is -0.478 e. The lowest BCUT2D eigenvalue weighted by Crippen LogP contribution is -2.27. The van der Waals surface area contributed by atoms with E-state index < -0.39 is 39.9 Å². The van der Waals surface area contributed by atoms with Crippen molar-refractivity contribution in [2.75, 3.05) is 18.5 Å². The van der Waals surface area contributed by atoms with Crippen molar-refractivity contribution in [3.8, 4) is 0 Å². The minimum atomic E-state index is -5.36. The summed E-state index contributed by atoms with van der Waals surface area (Å²) in [5, 5.41) is 11.9. The number of hydrogen-bond acceptors (Lipinski definition) is 4. The summed E-state index contributed by atoms with van der Waals surface area (Å²) in [7, 11) is 0. The van der Waals surface area contributed by atoms with Crippen LogP contribution in [0.5, 0.6) is 0 Å². The molecule has 0 unspecified atom stereocenters. The van der Waals surface area contributed by atoms with E-state index in [1.807, 2.05) is 0 Å². The minimum absolute atomic E-state index is 0.127. The Morgan fingerprint density at radius 2 is 1.70 bits per heavy atom. The maximum atomic E-state index is 13.8. The molecular weight excluding hydrogens is 472 g/mol. The predicted molar refractivity (Wildman–Crippen MR) is 111 cm³/mol. The lowest BCUT2D eigenvalue weighted by Gasteiger charge is -2.24. The fraction of sp³-hybridized carbons (Fsp3) is 0.318. The summed E-state index contributed by atoms with van der Waals surface area (Å²) < 4.78 is 87.9. The van der Waals surface area contributed by atoms with Crippen LogP contribution in [0.2, 0.25) is 0 Å². The topological polar surface area (TPSA) is 58.6 Å². The van der Waals surface area contributed by atoms with E-state index in [-0.39, 0.29) is 6.04 Å². The number of alkyl halides is 6. The van der Waals surface area contributed by atoms with E-state index in [2.05, 4.69) is 5.32 Å². The second-order valence-corrected chi connectivity index (χ2v) is 8.35. The highest BCUT2D eigenvalue weighted by Crippen LogP contribution is 2.48. The molecule has 2 N–H and O–H groups in total. The van der Waals surface area contributed by atoms with Crippen molar-refractivity contribution in [3.05, 3.63) is 59.2 Å². The number of hydrogen-bond donors (Lipinski definition) is 2. The van der Waals surface area contributed by atoms with Crippen LogP contribution in [0.25, 0.3) is 6.08 Å². The van der Waals surface area contributed by atoms with Gasteiger partial charge in [-0.15, -0.1) is 0 Å². The third-order valence-electron chi connectivity index (χ3n) is 4.83. The number of carboxylic acid groups (broad SMARTS) is 1. The van der Waals surface area contributed by atoms with Crippen LogP contribution >= 0.6 is 11.8 Å². The highest BCUT2D eigenvalue weighted by molar-refractivity contribution is 7.99. The number of ether oxygens (including phenoxy) is 1. The number of carbonyl (C=O) groups is 1. The first kappa shape index (κ1) is 25.0. The molecule has 0 radical (unpaired) electrons. The Morgan fingerprint density at radius 3 is 2.30 bits per heavy atom. The van der Waals surface area contributed by atoms with Crippen molar-refractivity contribution < 1.29 is 41.0 Å². The molecule has 2 aromatic carbocycles. The van der Waals surface area contributed by atoms with Crippen LogP contribution in [-0.4, -0.2) is 30.3 Å². The summed E-state index contributed by atoms with van der Waals surface area (Å²) in [6, 6.07) is 8.29. The number of carboxylic acids is 1. The number of nitrogens with one attached hydrogen (secondary N) is 1. The Labute approximate surface area is 189 Å². The largest absolute Gasteiger partial charge is 0.478 e. The number of benzene rings is 2. The van der Waals surface area contributed by atoms with Gasteiger partial charge in [0, 0.05) is 40.8 Å². The summed E-state index contributed by atoms with van der Waals surface area (Å²) in [5.41, 5.74) is -4.02. The average Bonchev–Trinajstić information content (AvgIpc) is 2.72. The van der Waals surface area contributed by atoms with Gasteiger partial charge >= 0.3 is 18.3 Å². The molecule has 1 aliphatic rings. The van der Waals surface area contributed by atoms with Gasteiger partial charge in [0.05, 0.1) is 11.1 Å². The maximum Gasteiger partial charge on any atom is 0.418 e. The van der Waals surface area contributed by atoms with Gasteiger partial charge in [0.15, 0.2) is 0 Å². The van der Waals surface area contributed by atoms with Crippen LogP contribution in [0.1, 0.15) is 29.5 Å². The molecule has 0 aromatic heterocycles. The van der Waals surface area contributed by atoms with Crippen molar-refractivity contribution in [3.63, 3.8) is 0 Å². The fourth-order valence-electron chi connectivity index (χ4n) is 3.43. The molecule has 178 valence electrons. The first-order valence-electron chi connectivity index (χ1n) is 9.80. The number of aliphatic carboxylic acids is 1. The van der Waals surface area contributed by atoms with E-state index in [0.29, 0.717) is 47.7 Å². The third kappa shape index (κ3) is 6.67. The van der Waals surface area contributed by atoms with Crippen molar-refractivity contribution in [1.82, 2.24) is 0 Å². The van der Waals surface area contributed by atoms with E-state index in [4.69, 9.17) is 9.84 Å². The molecule has 3 rings (SSSR count). The molecule has 1 fully saturated rings. The fourth-order valence-corrected chi connectivity index (χ4v) is 4.47. The molecule has 0 saturated carbocycles. The Bertz CT molecular complexity index is 1030. The zero-order valence-electron chi connectivity index (χ0n) is 17.0. The first-order valence-corrected chi connectivity index (χ1v) is 10.6. The molecule has 0 atom stereocenters. The molecule has 1 heterocycles. The van der Waals surface area contributed by atoms with Gasteiger partial charge in [0.2, 0.25) is 0 Å². The molecule has 0 bridgehead atoms. The molecule has 4 nitrogen and oxygen atoms in total. The van der Waals surface area contributed by atoms with E-state index in [9.17, 15) is 31.1 Å². The van der Waals surface area contributed by atoms with E-state index in [0.717, 1.165) is 25.0 Å². The molecule has 1 aliphatic heterocycles. The highest BCUT2D eigenvalue weighted by atomic mass is 32.2. The summed E-state index contributed by atoms with van der Waals surface area (Å²) in [5.74, 6) is -1.58. The second-order valence-electron chi connectivity index (χ2n) is 7.23. The normalized spacial score (nSPS) is 15.7. The zero-order valence-corrected chi connectivity index (χ0v) is 17.8. The molecule has 0 amide bonds. The number of rotatable bonds is 6.